The van der Waals surface area contributed by atoms with E-state index in [1.54, 1.807) is 19.1 Å². The first kappa shape index (κ1) is 20.1. The lowest BCUT2D eigenvalue weighted by atomic mass is 10.1. The Labute approximate surface area is 169 Å². The monoisotopic (exact) mass is 393 g/mol. The van der Waals surface area contributed by atoms with Crippen molar-refractivity contribution in [2.45, 2.75) is 13.1 Å². The zero-order valence-corrected chi connectivity index (χ0v) is 16.3. The van der Waals surface area contributed by atoms with Crippen molar-refractivity contribution in [1.82, 2.24) is 4.90 Å². The Morgan fingerprint density at radius 1 is 0.759 bits per heavy atom. The van der Waals surface area contributed by atoms with Gasteiger partial charge in [0.1, 0.15) is 23.0 Å². The van der Waals surface area contributed by atoms with Crippen LogP contribution in [0.1, 0.15) is 21.5 Å². The summed E-state index contributed by atoms with van der Waals surface area (Å²) in [6, 6.07) is 18.8. The molecule has 0 spiro atoms. The highest BCUT2D eigenvalue weighted by molar-refractivity contribution is 5.95. The minimum atomic E-state index is -0.303. The molecule has 6 nitrogen and oxygen atoms in total. The van der Waals surface area contributed by atoms with Gasteiger partial charge in [-0.2, -0.15) is 0 Å². The van der Waals surface area contributed by atoms with Gasteiger partial charge in [-0.1, -0.05) is 24.3 Å². The molecule has 3 aromatic rings. The Bertz CT molecular complexity index is 898. The largest absolute Gasteiger partial charge is 0.508 e. The molecule has 0 atom stereocenters. The van der Waals surface area contributed by atoms with E-state index in [1.165, 1.54) is 18.2 Å². The van der Waals surface area contributed by atoms with E-state index in [9.17, 15) is 15.0 Å². The molecular weight excluding hydrogens is 370 g/mol. The molecule has 0 unspecified atom stereocenters. The average Bonchev–Trinajstić information content (AvgIpc) is 2.73. The smallest absolute Gasteiger partial charge is 0.254 e. The van der Waals surface area contributed by atoms with Gasteiger partial charge in [0.05, 0.1) is 14.2 Å². The van der Waals surface area contributed by atoms with Crippen LogP contribution < -0.4 is 9.47 Å². The van der Waals surface area contributed by atoms with E-state index >= 15 is 0 Å². The third kappa shape index (κ3) is 5.19. The normalized spacial score (nSPS) is 10.4. The van der Waals surface area contributed by atoms with Crippen LogP contribution in [0, 0.1) is 0 Å². The molecule has 0 fully saturated rings. The molecule has 3 aromatic carbocycles. The number of ether oxygens (including phenoxy) is 2. The van der Waals surface area contributed by atoms with E-state index in [1.807, 2.05) is 48.5 Å². The van der Waals surface area contributed by atoms with Gasteiger partial charge in [0.15, 0.2) is 0 Å². The molecule has 3 rings (SSSR count). The first-order chi connectivity index (χ1) is 14.0. The van der Waals surface area contributed by atoms with E-state index in [-0.39, 0.29) is 23.0 Å². The van der Waals surface area contributed by atoms with E-state index in [4.69, 9.17) is 9.47 Å². The van der Waals surface area contributed by atoms with Crippen LogP contribution in [0.3, 0.4) is 0 Å². The number of hydrogen-bond donors (Lipinski definition) is 2. The quantitative estimate of drug-likeness (QED) is 0.635. The van der Waals surface area contributed by atoms with Crippen LogP contribution in [-0.4, -0.2) is 35.2 Å². The second-order valence-electron chi connectivity index (χ2n) is 6.60. The van der Waals surface area contributed by atoms with Crippen molar-refractivity contribution in [1.29, 1.82) is 0 Å². The van der Waals surface area contributed by atoms with Gasteiger partial charge in [-0.05, 0) is 47.5 Å². The lowest BCUT2D eigenvalue weighted by Gasteiger charge is -2.23. The summed E-state index contributed by atoms with van der Waals surface area (Å²) < 4.78 is 10.4. The average molecular weight is 393 g/mol. The van der Waals surface area contributed by atoms with Crippen molar-refractivity contribution in [3.05, 3.63) is 83.4 Å². The second kappa shape index (κ2) is 9.01. The van der Waals surface area contributed by atoms with Crippen LogP contribution in [0.25, 0.3) is 0 Å². The SMILES string of the molecule is COc1ccc(CN(Cc2ccc(OC)cc2)C(=O)c2cc(O)cc(O)c2)cc1. The number of nitrogens with zero attached hydrogens (tertiary/aromatic N) is 1. The predicted octanol–water partition coefficient (Wildman–Crippen LogP) is 3.96. The van der Waals surface area contributed by atoms with Crippen molar-refractivity contribution in [2.75, 3.05) is 14.2 Å². The molecule has 0 aliphatic heterocycles. The summed E-state index contributed by atoms with van der Waals surface area (Å²) in [6.45, 7) is 0.705. The van der Waals surface area contributed by atoms with Crippen LogP contribution in [-0.2, 0) is 13.1 Å². The number of aromatic hydroxyl groups is 2. The molecule has 0 radical (unpaired) electrons. The van der Waals surface area contributed by atoms with Crippen molar-refractivity contribution in [3.63, 3.8) is 0 Å². The number of phenols is 2. The fourth-order valence-electron chi connectivity index (χ4n) is 3.00. The minimum Gasteiger partial charge on any atom is -0.508 e. The fourth-order valence-corrected chi connectivity index (χ4v) is 3.00. The van der Waals surface area contributed by atoms with E-state index < -0.39 is 0 Å². The lowest BCUT2D eigenvalue weighted by Crippen LogP contribution is -2.30. The number of methoxy groups -OCH3 is 2. The number of carbonyl (C=O) groups excluding carboxylic acids is 1. The second-order valence-corrected chi connectivity index (χ2v) is 6.60. The number of hydrogen-bond acceptors (Lipinski definition) is 5. The molecule has 2 N–H and O–H groups in total. The molecule has 0 saturated carbocycles. The topological polar surface area (TPSA) is 79.2 Å². The fraction of sp³-hybridized carbons (Fsp3) is 0.174. The van der Waals surface area contributed by atoms with Crippen LogP contribution in [0.5, 0.6) is 23.0 Å². The molecule has 0 saturated heterocycles. The first-order valence-corrected chi connectivity index (χ1v) is 9.06. The summed E-state index contributed by atoms with van der Waals surface area (Å²) in [7, 11) is 3.20. The predicted molar refractivity (Wildman–Crippen MR) is 109 cm³/mol. The van der Waals surface area contributed by atoms with Crippen molar-refractivity contribution >= 4 is 5.91 Å². The Morgan fingerprint density at radius 2 is 1.17 bits per heavy atom. The Kier molecular flexibility index (Phi) is 6.24. The minimum absolute atomic E-state index is 0.165. The van der Waals surface area contributed by atoms with Gasteiger partial charge in [-0.15, -0.1) is 0 Å². The summed E-state index contributed by atoms with van der Waals surface area (Å²) in [6.07, 6.45) is 0. The molecule has 0 bridgehead atoms. The summed E-state index contributed by atoms with van der Waals surface area (Å²) in [4.78, 5) is 14.8. The van der Waals surface area contributed by atoms with E-state index in [2.05, 4.69) is 0 Å². The highest BCUT2D eigenvalue weighted by Crippen LogP contribution is 2.24. The molecule has 29 heavy (non-hydrogen) atoms. The molecule has 0 heterocycles. The number of phenolic OH excluding ortho intramolecular Hbond substituents is 2. The van der Waals surface area contributed by atoms with Gasteiger partial charge in [-0.25, -0.2) is 0 Å². The van der Waals surface area contributed by atoms with Gasteiger partial charge >= 0.3 is 0 Å². The summed E-state index contributed by atoms with van der Waals surface area (Å²) in [5.74, 6) is 0.839. The van der Waals surface area contributed by atoms with Gasteiger partial charge in [-0.3, -0.25) is 4.79 Å². The van der Waals surface area contributed by atoms with Gasteiger partial charge in [0.2, 0.25) is 0 Å². The molecular formula is C23H23NO5. The maximum Gasteiger partial charge on any atom is 0.254 e. The van der Waals surface area contributed by atoms with E-state index in [0.29, 0.717) is 13.1 Å². The lowest BCUT2D eigenvalue weighted by molar-refractivity contribution is 0.0729. The Morgan fingerprint density at radius 3 is 1.55 bits per heavy atom. The molecule has 0 aliphatic carbocycles. The summed E-state index contributed by atoms with van der Waals surface area (Å²) >= 11 is 0. The number of rotatable bonds is 7. The molecule has 150 valence electrons. The maximum absolute atomic E-state index is 13.2. The van der Waals surface area contributed by atoms with E-state index in [0.717, 1.165) is 22.6 Å². The highest BCUT2D eigenvalue weighted by atomic mass is 16.5. The number of benzene rings is 3. The van der Waals surface area contributed by atoms with Crippen molar-refractivity contribution < 1.29 is 24.5 Å². The van der Waals surface area contributed by atoms with Gasteiger partial charge in [0.25, 0.3) is 5.91 Å². The third-order valence-electron chi connectivity index (χ3n) is 4.50. The van der Waals surface area contributed by atoms with Crippen LogP contribution >= 0.6 is 0 Å². The Hall–Kier alpha value is -3.67. The van der Waals surface area contributed by atoms with Crippen LogP contribution in [0.4, 0.5) is 0 Å². The zero-order valence-electron chi connectivity index (χ0n) is 16.3. The molecule has 6 heteroatoms. The zero-order chi connectivity index (χ0) is 20.8. The van der Waals surface area contributed by atoms with Crippen molar-refractivity contribution in [2.24, 2.45) is 0 Å². The summed E-state index contributed by atoms with van der Waals surface area (Å²) in [5.41, 5.74) is 2.07. The first-order valence-electron chi connectivity index (χ1n) is 9.06. The Balaban J connectivity index is 1.89. The maximum atomic E-state index is 13.2. The molecule has 1 amide bonds. The standard InChI is InChI=1S/C23H23NO5/c1-28-21-7-3-16(4-8-21)14-24(15-17-5-9-22(29-2)10-6-17)23(27)18-11-19(25)13-20(26)12-18/h3-13,25-26H,14-15H2,1-2H3. The van der Waals surface area contributed by atoms with Gasteiger partial charge < -0.3 is 24.6 Å². The van der Waals surface area contributed by atoms with Crippen molar-refractivity contribution in [3.8, 4) is 23.0 Å². The molecule has 0 aromatic heterocycles. The van der Waals surface area contributed by atoms with Crippen LogP contribution in [0.2, 0.25) is 0 Å². The molecule has 0 aliphatic rings. The van der Waals surface area contributed by atoms with Gasteiger partial charge in [0, 0.05) is 24.7 Å². The third-order valence-corrected chi connectivity index (χ3v) is 4.50. The van der Waals surface area contributed by atoms with Crippen LogP contribution in [0.15, 0.2) is 66.7 Å². The number of amides is 1. The number of carbonyl (C=O) groups is 1. The summed E-state index contributed by atoms with van der Waals surface area (Å²) in [5, 5.41) is 19.5. The highest BCUT2D eigenvalue weighted by Gasteiger charge is 2.18.